The van der Waals surface area contributed by atoms with Gasteiger partial charge in [0.25, 0.3) is 5.91 Å². The first-order valence-corrected chi connectivity index (χ1v) is 12.3. The second kappa shape index (κ2) is 8.52. The van der Waals surface area contributed by atoms with Gasteiger partial charge in [-0.05, 0) is 66.8 Å². The summed E-state index contributed by atoms with van der Waals surface area (Å²) < 4.78 is 28.0. The zero-order valence-corrected chi connectivity index (χ0v) is 18.5. The average Bonchev–Trinajstić information content (AvgIpc) is 2.73. The first-order chi connectivity index (χ1) is 14.3. The van der Waals surface area contributed by atoms with E-state index in [1.165, 1.54) is 11.6 Å². The van der Waals surface area contributed by atoms with E-state index in [1.807, 2.05) is 12.1 Å². The number of piperidine rings is 1. The standard InChI is InChI=1S/C24H30N2O3S/c1-17-13-18(2)16-26(15-17)30(28,29)21-10-5-9-20(14-21)24(27)25-23-12-6-8-19-7-3-4-11-22(19)23/h3-5,7,9-11,14,17-18,23H,6,8,12-13,15-16H2,1-2H3,(H,25,27)/t17-,18-,23-/m1/s1. The van der Waals surface area contributed by atoms with Crippen LogP contribution in [0.3, 0.4) is 0 Å². The quantitative estimate of drug-likeness (QED) is 0.798. The van der Waals surface area contributed by atoms with E-state index in [-0.39, 0.29) is 16.8 Å². The van der Waals surface area contributed by atoms with Crippen molar-refractivity contribution >= 4 is 15.9 Å². The fourth-order valence-electron chi connectivity index (χ4n) is 4.89. The topological polar surface area (TPSA) is 66.5 Å². The summed E-state index contributed by atoms with van der Waals surface area (Å²) in [5.41, 5.74) is 2.83. The van der Waals surface area contributed by atoms with Gasteiger partial charge in [0, 0.05) is 18.7 Å². The maximum atomic E-state index is 13.2. The van der Waals surface area contributed by atoms with Gasteiger partial charge in [0.2, 0.25) is 10.0 Å². The van der Waals surface area contributed by atoms with Gasteiger partial charge in [0.05, 0.1) is 10.9 Å². The lowest BCUT2D eigenvalue weighted by Gasteiger charge is -2.34. The van der Waals surface area contributed by atoms with E-state index in [4.69, 9.17) is 0 Å². The van der Waals surface area contributed by atoms with E-state index in [9.17, 15) is 13.2 Å². The van der Waals surface area contributed by atoms with Gasteiger partial charge in [-0.3, -0.25) is 4.79 Å². The van der Waals surface area contributed by atoms with Crippen LogP contribution in [0.1, 0.15) is 60.6 Å². The van der Waals surface area contributed by atoms with Crippen LogP contribution in [0.15, 0.2) is 53.4 Å². The fraction of sp³-hybridized carbons (Fsp3) is 0.458. The Bertz CT molecular complexity index is 1020. The molecule has 5 nitrogen and oxygen atoms in total. The summed E-state index contributed by atoms with van der Waals surface area (Å²) in [5, 5.41) is 3.12. The molecule has 1 aliphatic carbocycles. The molecule has 0 saturated carbocycles. The Labute approximate surface area is 179 Å². The molecule has 3 atom stereocenters. The van der Waals surface area contributed by atoms with Crippen molar-refractivity contribution in [2.75, 3.05) is 13.1 Å². The Kier molecular flexibility index (Phi) is 5.98. The number of hydrogen-bond donors (Lipinski definition) is 1. The summed E-state index contributed by atoms with van der Waals surface area (Å²) in [7, 11) is -3.61. The van der Waals surface area contributed by atoms with Crippen molar-refractivity contribution in [3.63, 3.8) is 0 Å². The van der Waals surface area contributed by atoms with Crippen molar-refractivity contribution in [2.24, 2.45) is 11.8 Å². The average molecular weight is 427 g/mol. The molecule has 2 aromatic rings. The fourth-order valence-corrected chi connectivity index (χ4v) is 6.62. The second-order valence-electron chi connectivity index (χ2n) is 8.91. The van der Waals surface area contributed by atoms with E-state index < -0.39 is 10.0 Å². The van der Waals surface area contributed by atoms with Crippen molar-refractivity contribution in [2.45, 2.75) is 50.5 Å². The molecule has 2 aromatic carbocycles. The number of aryl methyl sites for hydroxylation is 1. The summed E-state index contributed by atoms with van der Waals surface area (Å²) in [4.78, 5) is 13.2. The van der Waals surface area contributed by atoms with Crippen LogP contribution in [0.25, 0.3) is 0 Å². The number of nitrogens with zero attached hydrogens (tertiary/aromatic N) is 1. The van der Waals surface area contributed by atoms with Gasteiger partial charge in [-0.1, -0.05) is 44.2 Å². The summed E-state index contributed by atoms with van der Waals surface area (Å²) in [6.07, 6.45) is 3.99. The highest BCUT2D eigenvalue weighted by molar-refractivity contribution is 7.89. The van der Waals surface area contributed by atoms with Gasteiger partial charge in [-0.15, -0.1) is 0 Å². The number of benzene rings is 2. The summed E-state index contributed by atoms with van der Waals surface area (Å²) in [6, 6.07) is 14.6. The van der Waals surface area contributed by atoms with E-state index in [2.05, 4.69) is 31.3 Å². The second-order valence-corrected chi connectivity index (χ2v) is 10.9. The molecule has 1 fully saturated rings. The van der Waals surface area contributed by atoms with E-state index in [0.29, 0.717) is 30.5 Å². The molecule has 0 unspecified atom stereocenters. The summed E-state index contributed by atoms with van der Waals surface area (Å²) in [6.45, 7) is 5.23. The molecule has 1 amide bonds. The predicted octanol–water partition coefficient (Wildman–Crippen LogP) is 4.16. The van der Waals surface area contributed by atoms with Gasteiger partial charge in [0.15, 0.2) is 0 Å². The van der Waals surface area contributed by atoms with Crippen LogP contribution in [0, 0.1) is 11.8 Å². The lowest BCUT2D eigenvalue weighted by atomic mass is 9.87. The molecule has 160 valence electrons. The molecule has 0 spiro atoms. The van der Waals surface area contributed by atoms with Gasteiger partial charge in [-0.25, -0.2) is 8.42 Å². The van der Waals surface area contributed by atoms with E-state index in [0.717, 1.165) is 31.2 Å². The molecule has 30 heavy (non-hydrogen) atoms. The van der Waals surface area contributed by atoms with Crippen LogP contribution < -0.4 is 5.32 Å². The number of sulfonamides is 1. The number of carbonyl (C=O) groups is 1. The van der Waals surface area contributed by atoms with Crippen molar-refractivity contribution in [1.29, 1.82) is 0 Å². The Morgan fingerprint density at radius 2 is 1.77 bits per heavy atom. The molecule has 0 bridgehead atoms. The maximum Gasteiger partial charge on any atom is 0.251 e. The highest BCUT2D eigenvalue weighted by Crippen LogP contribution is 2.30. The van der Waals surface area contributed by atoms with Crippen LogP contribution in [0.4, 0.5) is 0 Å². The number of rotatable bonds is 4. The third-order valence-corrected chi connectivity index (χ3v) is 8.07. The van der Waals surface area contributed by atoms with Crippen molar-refractivity contribution in [3.05, 3.63) is 65.2 Å². The first kappa shape index (κ1) is 21.1. The van der Waals surface area contributed by atoms with Gasteiger partial charge in [-0.2, -0.15) is 4.31 Å². The summed E-state index contributed by atoms with van der Waals surface area (Å²) in [5.74, 6) is 0.442. The Morgan fingerprint density at radius 3 is 2.53 bits per heavy atom. The number of nitrogens with one attached hydrogen (secondary N) is 1. The number of amides is 1. The molecule has 1 N–H and O–H groups in total. The van der Waals surface area contributed by atoms with Gasteiger partial charge in [0.1, 0.15) is 0 Å². The minimum absolute atomic E-state index is 0.0356. The highest BCUT2D eigenvalue weighted by atomic mass is 32.2. The molecule has 1 saturated heterocycles. The molecule has 1 aliphatic heterocycles. The largest absolute Gasteiger partial charge is 0.345 e. The van der Waals surface area contributed by atoms with Crippen molar-refractivity contribution < 1.29 is 13.2 Å². The summed E-state index contributed by atoms with van der Waals surface area (Å²) >= 11 is 0. The monoisotopic (exact) mass is 426 g/mol. The molecule has 1 heterocycles. The minimum atomic E-state index is -3.61. The molecule has 6 heteroatoms. The van der Waals surface area contributed by atoms with Crippen LogP contribution in [-0.2, 0) is 16.4 Å². The molecule has 4 rings (SSSR count). The number of fused-ring (bicyclic) bond motifs is 1. The third-order valence-electron chi connectivity index (χ3n) is 6.24. The highest BCUT2D eigenvalue weighted by Gasteiger charge is 2.32. The molecular formula is C24H30N2O3S. The molecular weight excluding hydrogens is 396 g/mol. The van der Waals surface area contributed by atoms with Gasteiger partial charge < -0.3 is 5.32 Å². The van der Waals surface area contributed by atoms with Crippen molar-refractivity contribution in [1.82, 2.24) is 9.62 Å². The zero-order valence-electron chi connectivity index (χ0n) is 17.7. The first-order valence-electron chi connectivity index (χ1n) is 10.8. The van der Waals surface area contributed by atoms with Crippen LogP contribution in [0.2, 0.25) is 0 Å². The lowest BCUT2D eigenvalue weighted by Crippen LogP contribution is -2.42. The van der Waals surface area contributed by atoms with Gasteiger partial charge >= 0.3 is 0 Å². The normalized spacial score (nSPS) is 24.8. The predicted molar refractivity (Wildman–Crippen MR) is 118 cm³/mol. The number of hydrogen-bond acceptors (Lipinski definition) is 3. The number of carbonyl (C=O) groups excluding carboxylic acids is 1. The Balaban J connectivity index is 1.54. The molecule has 2 aliphatic rings. The smallest absolute Gasteiger partial charge is 0.251 e. The van der Waals surface area contributed by atoms with E-state index in [1.54, 1.807) is 22.5 Å². The third kappa shape index (κ3) is 4.30. The Hall–Kier alpha value is -2.18. The van der Waals surface area contributed by atoms with Crippen LogP contribution >= 0.6 is 0 Å². The van der Waals surface area contributed by atoms with Crippen molar-refractivity contribution in [3.8, 4) is 0 Å². The molecule has 0 radical (unpaired) electrons. The zero-order chi connectivity index (χ0) is 21.3. The van der Waals surface area contributed by atoms with Crippen LogP contribution in [-0.4, -0.2) is 31.7 Å². The lowest BCUT2D eigenvalue weighted by molar-refractivity contribution is 0.0932. The SMILES string of the molecule is C[C@@H]1C[C@@H](C)CN(S(=O)(=O)c2cccc(C(=O)N[C@@H]3CCCc4ccccc43)c2)C1. The maximum absolute atomic E-state index is 13.2. The van der Waals surface area contributed by atoms with Crippen LogP contribution in [0.5, 0.6) is 0 Å². The minimum Gasteiger partial charge on any atom is -0.345 e. The molecule has 0 aromatic heterocycles. The Morgan fingerprint density at radius 1 is 1.03 bits per heavy atom. The van der Waals surface area contributed by atoms with E-state index >= 15 is 0 Å².